The van der Waals surface area contributed by atoms with Gasteiger partial charge in [-0.05, 0) is 18.8 Å². The van der Waals surface area contributed by atoms with Gasteiger partial charge in [0.15, 0.2) is 0 Å². The molecule has 0 amide bonds. The SMILES string of the molecule is CCCCC(CC)CNc1ncnc(Cl)c1CCC. The Morgan fingerprint density at radius 3 is 2.63 bits per heavy atom. The van der Waals surface area contributed by atoms with E-state index in [2.05, 4.69) is 36.1 Å². The van der Waals surface area contributed by atoms with Crippen LogP contribution in [0.5, 0.6) is 0 Å². The van der Waals surface area contributed by atoms with E-state index in [9.17, 15) is 0 Å². The molecule has 0 aliphatic rings. The molecular formula is C15H26ClN3. The van der Waals surface area contributed by atoms with Crippen molar-refractivity contribution in [3.05, 3.63) is 17.0 Å². The van der Waals surface area contributed by atoms with Gasteiger partial charge in [-0.3, -0.25) is 0 Å². The molecule has 19 heavy (non-hydrogen) atoms. The van der Waals surface area contributed by atoms with Crippen molar-refractivity contribution in [3.8, 4) is 0 Å². The third-order valence-electron chi connectivity index (χ3n) is 3.49. The first kappa shape index (κ1) is 16.2. The van der Waals surface area contributed by atoms with E-state index in [1.807, 2.05) is 0 Å². The number of nitrogens with one attached hydrogen (secondary N) is 1. The molecule has 0 saturated carbocycles. The molecule has 0 aromatic carbocycles. The van der Waals surface area contributed by atoms with Crippen LogP contribution in [0.1, 0.15) is 58.4 Å². The van der Waals surface area contributed by atoms with Crippen molar-refractivity contribution in [2.45, 2.75) is 59.3 Å². The third-order valence-corrected chi connectivity index (χ3v) is 3.82. The molecule has 0 saturated heterocycles. The molecule has 1 aromatic rings. The van der Waals surface area contributed by atoms with Crippen molar-refractivity contribution >= 4 is 17.4 Å². The van der Waals surface area contributed by atoms with Gasteiger partial charge in [-0.25, -0.2) is 9.97 Å². The number of rotatable bonds is 9. The summed E-state index contributed by atoms with van der Waals surface area (Å²) in [5.74, 6) is 1.62. The van der Waals surface area contributed by atoms with Crippen LogP contribution in [0.25, 0.3) is 0 Å². The molecule has 1 N–H and O–H groups in total. The number of halogens is 1. The molecule has 1 heterocycles. The lowest BCUT2D eigenvalue weighted by atomic mass is 9.99. The molecule has 0 fully saturated rings. The summed E-state index contributed by atoms with van der Waals surface area (Å²) in [6.45, 7) is 7.61. The molecule has 0 aliphatic heterocycles. The summed E-state index contributed by atoms with van der Waals surface area (Å²) in [6.07, 6.45) is 8.56. The van der Waals surface area contributed by atoms with Crippen molar-refractivity contribution in [2.24, 2.45) is 5.92 Å². The number of hydrogen-bond acceptors (Lipinski definition) is 3. The molecule has 0 bridgehead atoms. The predicted octanol–water partition coefficient (Wildman–Crippen LogP) is 4.71. The summed E-state index contributed by atoms with van der Waals surface area (Å²) in [5.41, 5.74) is 1.05. The van der Waals surface area contributed by atoms with Gasteiger partial charge < -0.3 is 5.32 Å². The zero-order valence-electron chi connectivity index (χ0n) is 12.4. The van der Waals surface area contributed by atoms with Crippen LogP contribution < -0.4 is 5.32 Å². The molecule has 1 aromatic heterocycles. The van der Waals surface area contributed by atoms with Crippen molar-refractivity contribution in [1.29, 1.82) is 0 Å². The Balaban J connectivity index is 2.62. The minimum Gasteiger partial charge on any atom is -0.369 e. The molecule has 1 rings (SSSR count). The van der Waals surface area contributed by atoms with E-state index in [1.165, 1.54) is 32.0 Å². The Labute approximate surface area is 122 Å². The van der Waals surface area contributed by atoms with Crippen LogP contribution in [0.2, 0.25) is 5.15 Å². The van der Waals surface area contributed by atoms with Gasteiger partial charge in [0.05, 0.1) is 0 Å². The number of anilines is 1. The maximum Gasteiger partial charge on any atom is 0.137 e. The standard InChI is InChI=1S/C15H26ClN3/c1-4-7-9-12(6-3)10-17-15-13(8-5-2)14(16)18-11-19-15/h11-12H,4-10H2,1-3H3,(H,17,18,19). The first-order valence-corrected chi connectivity index (χ1v) is 7.83. The average Bonchev–Trinajstić information content (AvgIpc) is 2.42. The normalized spacial score (nSPS) is 12.4. The Kier molecular flexibility index (Phi) is 7.80. The fourth-order valence-corrected chi connectivity index (χ4v) is 2.43. The highest BCUT2D eigenvalue weighted by Crippen LogP contribution is 2.22. The summed E-state index contributed by atoms with van der Waals surface area (Å²) >= 11 is 6.15. The van der Waals surface area contributed by atoms with Gasteiger partial charge in [0.2, 0.25) is 0 Å². The predicted molar refractivity (Wildman–Crippen MR) is 82.8 cm³/mol. The first-order valence-electron chi connectivity index (χ1n) is 7.46. The number of nitrogens with zero attached hydrogens (tertiary/aromatic N) is 2. The van der Waals surface area contributed by atoms with Crippen molar-refractivity contribution < 1.29 is 0 Å². The molecule has 0 aliphatic carbocycles. The van der Waals surface area contributed by atoms with Crippen molar-refractivity contribution in [2.75, 3.05) is 11.9 Å². The van der Waals surface area contributed by atoms with E-state index < -0.39 is 0 Å². The van der Waals surface area contributed by atoms with E-state index in [-0.39, 0.29) is 0 Å². The van der Waals surface area contributed by atoms with Crippen molar-refractivity contribution in [1.82, 2.24) is 9.97 Å². The third kappa shape index (κ3) is 5.35. The molecule has 1 unspecified atom stereocenters. The van der Waals surface area contributed by atoms with Crippen LogP contribution in [0.15, 0.2) is 6.33 Å². The molecule has 0 spiro atoms. The smallest absolute Gasteiger partial charge is 0.137 e. The van der Waals surface area contributed by atoms with Crippen LogP contribution in [0.3, 0.4) is 0 Å². The lowest BCUT2D eigenvalue weighted by molar-refractivity contribution is 0.472. The first-order chi connectivity index (χ1) is 9.22. The summed E-state index contributed by atoms with van der Waals surface area (Å²) in [4.78, 5) is 8.41. The van der Waals surface area contributed by atoms with Gasteiger partial charge in [0.25, 0.3) is 0 Å². The minimum absolute atomic E-state index is 0.584. The Bertz CT molecular complexity index is 368. The van der Waals surface area contributed by atoms with Crippen LogP contribution in [-0.4, -0.2) is 16.5 Å². The van der Waals surface area contributed by atoms with Gasteiger partial charge in [0.1, 0.15) is 17.3 Å². The highest BCUT2D eigenvalue weighted by atomic mass is 35.5. The molecule has 3 nitrogen and oxygen atoms in total. The molecular weight excluding hydrogens is 258 g/mol. The minimum atomic E-state index is 0.584. The maximum atomic E-state index is 6.15. The van der Waals surface area contributed by atoms with Gasteiger partial charge >= 0.3 is 0 Å². The molecule has 4 heteroatoms. The Morgan fingerprint density at radius 1 is 1.21 bits per heavy atom. The lowest BCUT2D eigenvalue weighted by Crippen LogP contribution is -2.16. The fourth-order valence-electron chi connectivity index (χ4n) is 2.20. The summed E-state index contributed by atoms with van der Waals surface area (Å²) in [6, 6.07) is 0. The average molecular weight is 284 g/mol. The van der Waals surface area contributed by atoms with Gasteiger partial charge in [-0.15, -0.1) is 0 Å². The van der Waals surface area contributed by atoms with Crippen molar-refractivity contribution in [3.63, 3.8) is 0 Å². The highest BCUT2D eigenvalue weighted by molar-refractivity contribution is 6.30. The van der Waals surface area contributed by atoms with E-state index in [1.54, 1.807) is 0 Å². The summed E-state index contributed by atoms with van der Waals surface area (Å²) < 4.78 is 0. The Hall–Kier alpha value is -0.830. The van der Waals surface area contributed by atoms with Gasteiger partial charge in [0, 0.05) is 12.1 Å². The van der Waals surface area contributed by atoms with Crippen LogP contribution in [0.4, 0.5) is 5.82 Å². The van der Waals surface area contributed by atoms with E-state index >= 15 is 0 Å². The van der Waals surface area contributed by atoms with Gasteiger partial charge in [-0.1, -0.05) is 58.1 Å². The topological polar surface area (TPSA) is 37.8 Å². The zero-order chi connectivity index (χ0) is 14.1. The van der Waals surface area contributed by atoms with E-state index in [0.717, 1.165) is 30.8 Å². The van der Waals surface area contributed by atoms with E-state index in [0.29, 0.717) is 11.1 Å². The summed E-state index contributed by atoms with van der Waals surface area (Å²) in [5, 5.41) is 4.05. The molecule has 1 atom stereocenters. The quantitative estimate of drug-likeness (QED) is 0.667. The summed E-state index contributed by atoms with van der Waals surface area (Å²) in [7, 11) is 0. The van der Waals surface area contributed by atoms with Crippen LogP contribution >= 0.6 is 11.6 Å². The number of unbranched alkanes of at least 4 members (excludes halogenated alkanes) is 1. The highest BCUT2D eigenvalue weighted by Gasteiger charge is 2.11. The molecule has 0 radical (unpaired) electrons. The second kappa shape index (κ2) is 9.13. The Morgan fingerprint density at radius 2 is 2.00 bits per heavy atom. The number of aromatic nitrogens is 2. The maximum absolute atomic E-state index is 6.15. The number of hydrogen-bond donors (Lipinski definition) is 1. The van der Waals surface area contributed by atoms with Crippen LogP contribution in [0, 0.1) is 5.92 Å². The second-order valence-corrected chi connectivity index (χ2v) is 5.40. The van der Waals surface area contributed by atoms with Gasteiger partial charge in [-0.2, -0.15) is 0 Å². The fraction of sp³-hybridized carbons (Fsp3) is 0.733. The second-order valence-electron chi connectivity index (χ2n) is 5.04. The lowest BCUT2D eigenvalue weighted by Gasteiger charge is -2.17. The van der Waals surface area contributed by atoms with E-state index in [4.69, 9.17) is 11.6 Å². The zero-order valence-corrected chi connectivity index (χ0v) is 13.1. The monoisotopic (exact) mass is 283 g/mol. The molecule has 108 valence electrons. The largest absolute Gasteiger partial charge is 0.369 e. The van der Waals surface area contributed by atoms with Crippen LogP contribution in [-0.2, 0) is 6.42 Å².